The minimum absolute atomic E-state index is 0.691. The lowest BCUT2D eigenvalue weighted by Crippen LogP contribution is -2.39. The van der Waals surface area contributed by atoms with E-state index in [0.717, 1.165) is 5.92 Å². The Bertz CT molecular complexity index is 291. The lowest BCUT2D eigenvalue weighted by molar-refractivity contribution is 0.167. The minimum Gasteiger partial charge on any atom is -0.300 e. The Hall–Kier alpha value is -0.820. The molecule has 1 atom stereocenters. The lowest BCUT2D eigenvalue weighted by atomic mass is 9.90. The quantitative estimate of drug-likeness (QED) is 0.713. The highest BCUT2D eigenvalue weighted by atomic mass is 15.2. The van der Waals surface area contributed by atoms with Gasteiger partial charge in [-0.25, -0.2) is 0 Å². The van der Waals surface area contributed by atoms with Gasteiger partial charge in [-0.1, -0.05) is 30.3 Å². The molecule has 0 radical (unpaired) electrons. The molecule has 1 aromatic rings. The number of nitrogens with zero attached hydrogens (tertiary/aromatic N) is 1. The summed E-state index contributed by atoms with van der Waals surface area (Å²) in [5.41, 5.74) is 1.52. The molecule has 1 aromatic carbocycles. The molecule has 1 nitrogen and oxygen atoms in total. The third-order valence-electron chi connectivity index (χ3n) is 3.45. The van der Waals surface area contributed by atoms with Crippen LogP contribution in [0.4, 0.5) is 0 Å². The Morgan fingerprint density at radius 3 is 2.60 bits per heavy atom. The summed E-state index contributed by atoms with van der Waals surface area (Å²) in [5, 5.41) is 0. The van der Waals surface area contributed by atoms with Crippen LogP contribution in [0, 0.1) is 0 Å². The van der Waals surface area contributed by atoms with E-state index in [-0.39, 0.29) is 0 Å². The predicted octanol–water partition coefficient (Wildman–Crippen LogP) is 3.27. The first kappa shape index (κ1) is 10.7. The molecule has 1 heterocycles. The Balaban J connectivity index is 2.05. The van der Waals surface area contributed by atoms with Gasteiger partial charge in [-0.3, -0.25) is 0 Å². The zero-order chi connectivity index (χ0) is 10.7. The van der Waals surface area contributed by atoms with Gasteiger partial charge in [0.05, 0.1) is 0 Å². The van der Waals surface area contributed by atoms with Gasteiger partial charge in [-0.15, -0.1) is 0 Å². The number of hydrogen-bond donors (Lipinski definition) is 0. The summed E-state index contributed by atoms with van der Waals surface area (Å²) in [6.07, 6.45) is 2.70. The van der Waals surface area contributed by atoms with Gasteiger partial charge >= 0.3 is 0 Å². The van der Waals surface area contributed by atoms with Crippen molar-refractivity contribution >= 4 is 0 Å². The second kappa shape index (κ2) is 4.80. The van der Waals surface area contributed by atoms with Crippen molar-refractivity contribution in [3.8, 4) is 0 Å². The van der Waals surface area contributed by atoms with E-state index in [1.807, 2.05) is 0 Å². The van der Waals surface area contributed by atoms with Gasteiger partial charge in [-0.2, -0.15) is 0 Å². The molecule has 1 aliphatic rings. The Kier molecular flexibility index (Phi) is 3.42. The summed E-state index contributed by atoms with van der Waals surface area (Å²) < 4.78 is 0. The summed E-state index contributed by atoms with van der Waals surface area (Å²) in [4.78, 5) is 2.60. The fraction of sp³-hybridized carbons (Fsp3) is 0.571. The molecule has 1 heteroatoms. The van der Waals surface area contributed by atoms with Crippen LogP contribution in [0.3, 0.4) is 0 Å². The Morgan fingerprint density at radius 2 is 1.93 bits per heavy atom. The molecule has 1 unspecified atom stereocenters. The summed E-state index contributed by atoms with van der Waals surface area (Å²) >= 11 is 0. The van der Waals surface area contributed by atoms with Crippen LogP contribution in [0.1, 0.15) is 38.2 Å². The number of rotatable bonds is 2. The number of benzene rings is 1. The number of likely N-dealkylation sites (tertiary alicyclic amines) is 1. The zero-order valence-corrected chi connectivity index (χ0v) is 9.82. The van der Waals surface area contributed by atoms with Gasteiger partial charge in [0.15, 0.2) is 0 Å². The molecule has 1 aliphatic heterocycles. The topological polar surface area (TPSA) is 3.24 Å². The van der Waals surface area contributed by atoms with Crippen LogP contribution >= 0.6 is 0 Å². The van der Waals surface area contributed by atoms with Crippen molar-refractivity contribution in [3.63, 3.8) is 0 Å². The van der Waals surface area contributed by atoms with E-state index in [1.54, 1.807) is 0 Å². The highest BCUT2D eigenvalue weighted by Gasteiger charge is 2.22. The smallest absolute Gasteiger partial charge is 0.00530 e. The number of piperidine rings is 1. The third-order valence-corrected chi connectivity index (χ3v) is 3.45. The second-order valence-electron chi connectivity index (χ2n) is 4.84. The Morgan fingerprint density at radius 1 is 1.20 bits per heavy atom. The van der Waals surface area contributed by atoms with Crippen LogP contribution in [0.25, 0.3) is 0 Å². The molecule has 2 rings (SSSR count). The van der Waals surface area contributed by atoms with Gasteiger partial charge in [0.1, 0.15) is 0 Å². The second-order valence-corrected chi connectivity index (χ2v) is 4.84. The molecular formula is C14H21N. The molecule has 0 spiro atoms. The maximum absolute atomic E-state index is 2.60. The molecule has 0 aliphatic carbocycles. The van der Waals surface area contributed by atoms with Crippen molar-refractivity contribution in [2.24, 2.45) is 0 Å². The Labute approximate surface area is 93.1 Å². The summed E-state index contributed by atoms with van der Waals surface area (Å²) in [5.74, 6) is 0.752. The minimum atomic E-state index is 0.691. The van der Waals surface area contributed by atoms with E-state index < -0.39 is 0 Å². The molecule has 0 amide bonds. The predicted molar refractivity (Wildman–Crippen MR) is 65.1 cm³/mol. The lowest BCUT2D eigenvalue weighted by Gasteiger charge is -2.35. The maximum atomic E-state index is 2.60. The van der Waals surface area contributed by atoms with Crippen LogP contribution in [0.5, 0.6) is 0 Å². The average Bonchev–Trinajstić information content (AvgIpc) is 2.30. The van der Waals surface area contributed by atoms with Gasteiger partial charge in [0.2, 0.25) is 0 Å². The molecule has 0 N–H and O–H groups in total. The fourth-order valence-corrected chi connectivity index (χ4v) is 2.47. The summed E-state index contributed by atoms with van der Waals surface area (Å²) in [7, 11) is 0. The van der Waals surface area contributed by atoms with Crippen LogP contribution in [0.2, 0.25) is 0 Å². The molecule has 1 saturated heterocycles. The normalized spacial score (nSPS) is 23.3. The highest BCUT2D eigenvalue weighted by Crippen LogP contribution is 2.27. The average molecular weight is 203 g/mol. The van der Waals surface area contributed by atoms with Crippen molar-refractivity contribution in [2.75, 3.05) is 13.1 Å². The van der Waals surface area contributed by atoms with Gasteiger partial charge in [0.25, 0.3) is 0 Å². The highest BCUT2D eigenvalue weighted by molar-refractivity contribution is 5.20. The van der Waals surface area contributed by atoms with Gasteiger partial charge in [0, 0.05) is 12.6 Å². The van der Waals surface area contributed by atoms with E-state index in [4.69, 9.17) is 0 Å². The molecular weight excluding hydrogens is 182 g/mol. The van der Waals surface area contributed by atoms with Crippen molar-refractivity contribution in [3.05, 3.63) is 35.9 Å². The molecule has 0 bridgehead atoms. The van der Waals surface area contributed by atoms with Crippen molar-refractivity contribution < 1.29 is 0 Å². The first-order valence-electron chi connectivity index (χ1n) is 6.06. The summed E-state index contributed by atoms with van der Waals surface area (Å²) in [6, 6.07) is 11.7. The largest absolute Gasteiger partial charge is 0.300 e. The van der Waals surface area contributed by atoms with Crippen LogP contribution in [-0.2, 0) is 0 Å². The zero-order valence-electron chi connectivity index (χ0n) is 9.82. The van der Waals surface area contributed by atoms with Crippen molar-refractivity contribution in [1.29, 1.82) is 0 Å². The number of hydrogen-bond acceptors (Lipinski definition) is 1. The third kappa shape index (κ3) is 2.60. The van der Waals surface area contributed by atoms with Crippen molar-refractivity contribution in [1.82, 2.24) is 4.90 Å². The standard InChI is InChI=1S/C14H21N/c1-12(2)15-10-6-9-14(11-15)13-7-4-3-5-8-13/h3-5,7-8,12,14H,6,9-11H2,1-2H3. The van der Waals surface area contributed by atoms with Gasteiger partial charge in [-0.05, 0) is 44.7 Å². The van der Waals surface area contributed by atoms with E-state index in [0.29, 0.717) is 6.04 Å². The molecule has 0 aromatic heterocycles. The monoisotopic (exact) mass is 203 g/mol. The van der Waals surface area contributed by atoms with E-state index in [1.165, 1.54) is 31.5 Å². The van der Waals surface area contributed by atoms with Gasteiger partial charge < -0.3 is 4.90 Å². The van der Waals surface area contributed by atoms with Crippen LogP contribution < -0.4 is 0 Å². The van der Waals surface area contributed by atoms with E-state index in [9.17, 15) is 0 Å². The molecule has 15 heavy (non-hydrogen) atoms. The molecule has 82 valence electrons. The fourth-order valence-electron chi connectivity index (χ4n) is 2.47. The van der Waals surface area contributed by atoms with E-state index in [2.05, 4.69) is 49.1 Å². The van der Waals surface area contributed by atoms with E-state index >= 15 is 0 Å². The SMILES string of the molecule is CC(C)N1CCCC(c2ccccc2)C1. The molecule has 0 saturated carbocycles. The first-order valence-corrected chi connectivity index (χ1v) is 6.06. The molecule has 1 fully saturated rings. The van der Waals surface area contributed by atoms with Crippen LogP contribution in [0.15, 0.2) is 30.3 Å². The van der Waals surface area contributed by atoms with Crippen molar-refractivity contribution in [2.45, 2.75) is 38.6 Å². The first-order chi connectivity index (χ1) is 7.27. The summed E-state index contributed by atoms with van der Waals surface area (Å²) in [6.45, 7) is 7.11. The maximum Gasteiger partial charge on any atom is 0.00530 e. The van der Waals surface area contributed by atoms with Crippen LogP contribution in [-0.4, -0.2) is 24.0 Å².